The third kappa shape index (κ3) is 4.31. The Morgan fingerprint density at radius 2 is 2.43 bits per heavy atom. The molecule has 0 aliphatic carbocycles. The normalized spacial score (nSPS) is 12.8. The number of nitrogens with zero attached hydrogens (tertiary/aromatic N) is 1. The van der Waals surface area contributed by atoms with E-state index in [2.05, 4.69) is 4.98 Å². The van der Waals surface area contributed by atoms with Crippen molar-refractivity contribution < 1.29 is 5.11 Å². The molecule has 0 fully saturated rings. The van der Waals surface area contributed by atoms with Gasteiger partial charge in [-0.25, -0.2) is 4.98 Å². The average molecular weight is 232 g/mol. The lowest BCUT2D eigenvalue weighted by Crippen LogP contribution is -2.03. The fourth-order valence-corrected chi connectivity index (χ4v) is 2.20. The summed E-state index contributed by atoms with van der Waals surface area (Å²) in [6.45, 7) is 2.29. The minimum Gasteiger partial charge on any atom is -0.396 e. The van der Waals surface area contributed by atoms with Crippen LogP contribution in [0.3, 0.4) is 0 Å². The first kappa shape index (κ1) is 11.8. The van der Waals surface area contributed by atoms with Crippen LogP contribution in [0, 0.1) is 5.92 Å². The Morgan fingerprint density at radius 1 is 1.64 bits per heavy atom. The minimum absolute atomic E-state index is 0.254. The van der Waals surface area contributed by atoms with Gasteiger partial charge >= 0.3 is 0 Å². The monoisotopic (exact) mass is 231 g/mol. The highest BCUT2D eigenvalue weighted by Crippen LogP contribution is 2.16. The van der Waals surface area contributed by atoms with Crippen molar-refractivity contribution in [3.8, 4) is 0 Å². The van der Waals surface area contributed by atoms with Crippen LogP contribution in [-0.4, -0.2) is 22.5 Å². The molecule has 1 aromatic heterocycles. The van der Waals surface area contributed by atoms with E-state index < -0.39 is 0 Å². The molecule has 0 saturated carbocycles. The molecule has 1 atom stereocenters. The smallest absolute Gasteiger partial charge is 0.129 e. The molecule has 1 aromatic rings. The van der Waals surface area contributed by atoms with Crippen LogP contribution in [0.5, 0.6) is 0 Å². The van der Waals surface area contributed by atoms with Gasteiger partial charge in [0.1, 0.15) is 5.15 Å². The molecule has 0 amide bonds. The zero-order valence-corrected chi connectivity index (χ0v) is 9.68. The average Bonchev–Trinajstić information content (AvgIpc) is 2.17. The largest absolute Gasteiger partial charge is 0.396 e. The minimum atomic E-state index is 0.254. The van der Waals surface area contributed by atoms with Crippen molar-refractivity contribution in [2.75, 3.05) is 12.4 Å². The molecule has 0 aromatic carbocycles. The molecule has 14 heavy (non-hydrogen) atoms. The van der Waals surface area contributed by atoms with Gasteiger partial charge in [0, 0.05) is 18.6 Å². The van der Waals surface area contributed by atoms with E-state index in [0.717, 1.165) is 11.5 Å². The van der Waals surface area contributed by atoms with Crippen LogP contribution >= 0.6 is 23.4 Å². The van der Waals surface area contributed by atoms with Crippen LogP contribution in [0.15, 0.2) is 18.3 Å². The van der Waals surface area contributed by atoms with Crippen molar-refractivity contribution in [2.24, 2.45) is 5.92 Å². The Balaban J connectivity index is 2.31. The Bertz CT molecular complexity index is 283. The SMILES string of the molecule is CC(CO)CSCc1ccnc(Cl)c1. The van der Waals surface area contributed by atoms with Crippen LogP contribution in [0.1, 0.15) is 12.5 Å². The van der Waals surface area contributed by atoms with E-state index >= 15 is 0 Å². The fraction of sp³-hybridized carbons (Fsp3) is 0.500. The van der Waals surface area contributed by atoms with Crippen molar-refractivity contribution in [3.63, 3.8) is 0 Å². The summed E-state index contributed by atoms with van der Waals surface area (Å²) in [5.74, 6) is 2.25. The van der Waals surface area contributed by atoms with Gasteiger partial charge in [-0.3, -0.25) is 0 Å². The Kier molecular flexibility index (Phi) is 5.30. The molecule has 1 N–H and O–H groups in total. The van der Waals surface area contributed by atoms with Crippen molar-refractivity contribution >= 4 is 23.4 Å². The van der Waals surface area contributed by atoms with Crippen molar-refractivity contribution in [2.45, 2.75) is 12.7 Å². The van der Waals surface area contributed by atoms with Crippen LogP contribution in [0.25, 0.3) is 0 Å². The molecular formula is C10H14ClNOS. The third-order valence-electron chi connectivity index (χ3n) is 1.77. The van der Waals surface area contributed by atoms with Gasteiger partial charge in [0.15, 0.2) is 0 Å². The highest BCUT2D eigenvalue weighted by molar-refractivity contribution is 7.98. The van der Waals surface area contributed by atoms with Crippen molar-refractivity contribution in [1.82, 2.24) is 4.98 Å². The lowest BCUT2D eigenvalue weighted by atomic mass is 10.2. The molecule has 1 heterocycles. The molecule has 0 aliphatic heterocycles. The summed E-state index contributed by atoms with van der Waals surface area (Å²) >= 11 is 7.55. The lowest BCUT2D eigenvalue weighted by molar-refractivity contribution is 0.250. The number of hydrogen-bond acceptors (Lipinski definition) is 3. The first-order valence-electron chi connectivity index (χ1n) is 4.51. The molecule has 1 rings (SSSR count). The number of pyridine rings is 1. The zero-order valence-electron chi connectivity index (χ0n) is 8.11. The van der Waals surface area contributed by atoms with Crippen molar-refractivity contribution in [3.05, 3.63) is 29.0 Å². The molecule has 4 heteroatoms. The number of aliphatic hydroxyl groups excluding tert-OH is 1. The van der Waals surface area contributed by atoms with Crippen molar-refractivity contribution in [1.29, 1.82) is 0 Å². The van der Waals surface area contributed by atoms with Gasteiger partial charge in [0.05, 0.1) is 0 Å². The molecule has 0 aliphatic rings. The molecule has 0 spiro atoms. The number of aliphatic hydroxyl groups is 1. The van der Waals surface area contributed by atoms with Gasteiger partial charge in [-0.2, -0.15) is 11.8 Å². The first-order valence-corrected chi connectivity index (χ1v) is 6.04. The lowest BCUT2D eigenvalue weighted by Gasteiger charge is -2.06. The van der Waals surface area contributed by atoms with E-state index in [9.17, 15) is 0 Å². The summed E-state index contributed by atoms with van der Waals surface area (Å²) in [6, 6.07) is 3.83. The Morgan fingerprint density at radius 3 is 3.07 bits per heavy atom. The van der Waals surface area contributed by atoms with Crippen LogP contribution in [0.4, 0.5) is 0 Å². The second-order valence-electron chi connectivity index (χ2n) is 3.29. The molecule has 0 saturated heterocycles. The third-order valence-corrected chi connectivity index (χ3v) is 3.32. The van der Waals surface area contributed by atoms with Gasteiger partial charge in [0.25, 0.3) is 0 Å². The van der Waals surface area contributed by atoms with Gasteiger partial charge in [-0.05, 0) is 29.4 Å². The molecule has 0 radical (unpaired) electrons. The summed E-state index contributed by atoms with van der Waals surface area (Å²) in [6.07, 6.45) is 1.72. The highest BCUT2D eigenvalue weighted by atomic mass is 35.5. The van der Waals surface area contributed by atoms with E-state index in [1.807, 2.05) is 19.1 Å². The van der Waals surface area contributed by atoms with E-state index in [-0.39, 0.29) is 6.61 Å². The Labute approximate surface area is 93.7 Å². The number of rotatable bonds is 5. The Hall–Kier alpha value is -0.250. The molecule has 78 valence electrons. The highest BCUT2D eigenvalue weighted by Gasteiger charge is 2.00. The van der Waals surface area contributed by atoms with E-state index in [4.69, 9.17) is 16.7 Å². The molecule has 0 bridgehead atoms. The molecule has 1 unspecified atom stereocenters. The van der Waals surface area contributed by atoms with E-state index in [0.29, 0.717) is 11.1 Å². The number of hydrogen-bond donors (Lipinski definition) is 1. The predicted molar refractivity (Wildman–Crippen MR) is 61.7 cm³/mol. The van der Waals surface area contributed by atoms with Gasteiger partial charge in [0.2, 0.25) is 0 Å². The number of thioether (sulfide) groups is 1. The fourth-order valence-electron chi connectivity index (χ4n) is 0.963. The summed E-state index contributed by atoms with van der Waals surface area (Å²) in [7, 11) is 0. The van der Waals surface area contributed by atoms with E-state index in [1.165, 1.54) is 5.56 Å². The van der Waals surface area contributed by atoms with Crippen LogP contribution < -0.4 is 0 Å². The maximum absolute atomic E-state index is 8.83. The standard InChI is InChI=1S/C10H14ClNOS/c1-8(5-13)6-14-7-9-2-3-12-10(11)4-9/h2-4,8,13H,5-7H2,1H3. The van der Waals surface area contributed by atoms with Gasteiger partial charge in [-0.1, -0.05) is 18.5 Å². The second-order valence-corrected chi connectivity index (χ2v) is 4.71. The van der Waals surface area contributed by atoms with Gasteiger partial charge < -0.3 is 5.11 Å². The van der Waals surface area contributed by atoms with Crippen LogP contribution in [0.2, 0.25) is 5.15 Å². The van der Waals surface area contributed by atoms with Gasteiger partial charge in [-0.15, -0.1) is 0 Å². The molecular weight excluding hydrogens is 218 g/mol. The first-order chi connectivity index (χ1) is 6.72. The van der Waals surface area contributed by atoms with E-state index in [1.54, 1.807) is 18.0 Å². The summed E-state index contributed by atoms with van der Waals surface area (Å²) in [5, 5.41) is 9.37. The predicted octanol–water partition coefficient (Wildman–Crippen LogP) is 2.60. The summed E-state index contributed by atoms with van der Waals surface area (Å²) < 4.78 is 0. The van der Waals surface area contributed by atoms with Crippen LogP contribution in [-0.2, 0) is 5.75 Å². The summed E-state index contributed by atoms with van der Waals surface area (Å²) in [4.78, 5) is 3.92. The number of aromatic nitrogens is 1. The summed E-state index contributed by atoms with van der Waals surface area (Å²) in [5.41, 5.74) is 1.18. The quantitative estimate of drug-likeness (QED) is 0.791. The maximum Gasteiger partial charge on any atom is 0.129 e. The number of halogens is 1. The second kappa shape index (κ2) is 6.27. The zero-order chi connectivity index (χ0) is 10.4. The maximum atomic E-state index is 8.83. The molecule has 2 nitrogen and oxygen atoms in total. The topological polar surface area (TPSA) is 33.1 Å².